The van der Waals surface area contributed by atoms with Crippen LogP contribution in [0.4, 0.5) is 5.69 Å². The van der Waals surface area contributed by atoms with E-state index in [0.29, 0.717) is 19.0 Å². The van der Waals surface area contributed by atoms with E-state index in [2.05, 4.69) is 26.5 Å². The fourth-order valence-corrected chi connectivity index (χ4v) is 2.56. The zero-order valence-corrected chi connectivity index (χ0v) is 10.9. The van der Waals surface area contributed by atoms with Crippen LogP contribution in [0.5, 0.6) is 0 Å². The van der Waals surface area contributed by atoms with Gasteiger partial charge in [0, 0.05) is 19.2 Å². The van der Waals surface area contributed by atoms with Crippen molar-refractivity contribution in [1.82, 2.24) is 25.0 Å². The molecule has 1 N–H and O–H groups in total. The molecule has 0 radical (unpaired) electrons. The van der Waals surface area contributed by atoms with E-state index >= 15 is 0 Å². The highest BCUT2D eigenvalue weighted by Crippen LogP contribution is 2.30. The van der Waals surface area contributed by atoms with Gasteiger partial charge < -0.3 is 4.90 Å². The van der Waals surface area contributed by atoms with Crippen LogP contribution in [0.1, 0.15) is 5.56 Å². The molecule has 100 valence electrons. The maximum absolute atomic E-state index is 11.4. The highest BCUT2D eigenvalue weighted by Gasteiger charge is 2.29. The summed E-state index contributed by atoms with van der Waals surface area (Å²) < 4.78 is 1.74. The van der Waals surface area contributed by atoms with Crippen molar-refractivity contribution in [2.24, 2.45) is 12.0 Å². The Morgan fingerprint density at radius 1 is 1.30 bits per heavy atom. The summed E-state index contributed by atoms with van der Waals surface area (Å²) in [6.45, 7) is 1.05. The average Bonchev–Trinajstić information content (AvgIpc) is 2.99. The molecular formula is C13H12N6O. The lowest BCUT2D eigenvalue weighted by molar-refractivity contribution is -0.118. The number of aromatic nitrogens is 3. The van der Waals surface area contributed by atoms with Gasteiger partial charge in [0.1, 0.15) is 12.9 Å². The molecule has 20 heavy (non-hydrogen) atoms. The molecule has 1 aromatic carbocycles. The SMILES string of the molecule is Cn1ncnc1-c1ccc2c(c1)CN1CC(=O)NC1=N2. The van der Waals surface area contributed by atoms with Gasteiger partial charge in [0.2, 0.25) is 11.9 Å². The van der Waals surface area contributed by atoms with Crippen LogP contribution in [0, 0.1) is 0 Å². The quantitative estimate of drug-likeness (QED) is 0.813. The Hall–Kier alpha value is -2.70. The van der Waals surface area contributed by atoms with E-state index in [4.69, 9.17) is 0 Å². The Kier molecular flexibility index (Phi) is 2.17. The molecule has 0 saturated carbocycles. The predicted molar refractivity (Wildman–Crippen MR) is 72.1 cm³/mol. The summed E-state index contributed by atoms with van der Waals surface area (Å²) in [5.74, 6) is 1.46. The minimum Gasteiger partial charge on any atom is -0.329 e. The minimum absolute atomic E-state index is 0.00918. The first-order valence-corrected chi connectivity index (χ1v) is 6.31. The van der Waals surface area contributed by atoms with Crippen LogP contribution in [0.3, 0.4) is 0 Å². The number of nitrogens with zero attached hydrogens (tertiary/aromatic N) is 5. The van der Waals surface area contributed by atoms with Gasteiger partial charge in [-0.1, -0.05) is 0 Å². The fourth-order valence-electron chi connectivity index (χ4n) is 2.56. The molecule has 0 unspecified atom stereocenters. The van der Waals surface area contributed by atoms with Crippen LogP contribution < -0.4 is 5.32 Å². The molecule has 7 nitrogen and oxygen atoms in total. The van der Waals surface area contributed by atoms with Crippen molar-refractivity contribution in [3.05, 3.63) is 30.1 Å². The summed E-state index contributed by atoms with van der Waals surface area (Å²) >= 11 is 0. The van der Waals surface area contributed by atoms with E-state index in [-0.39, 0.29) is 5.91 Å². The number of hydrogen-bond acceptors (Lipinski definition) is 5. The van der Waals surface area contributed by atoms with Crippen LogP contribution in [-0.2, 0) is 18.4 Å². The molecule has 1 amide bonds. The molecule has 0 atom stereocenters. The number of amides is 1. The van der Waals surface area contributed by atoms with Crippen molar-refractivity contribution in [1.29, 1.82) is 0 Å². The van der Waals surface area contributed by atoms with Gasteiger partial charge in [-0.3, -0.25) is 10.1 Å². The second-order valence-electron chi connectivity index (χ2n) is 4.89. The van der Waals surface area contributed by atoms with E-state index in [1.165, 1.54) is 6.33 Å². The number of rotatable bonds is 1. The molecule has 1 aromatic heterocycles. The standard InChI is InChI=1S/C13H12N6O/c1-18-12(14-7-15-18)8-2-3-10-9(4-8)5-19-6-11(20)17-13(19)16-10/h2-4,7H,5-6H2,1H3,(H,16,17,20). The lowest BCUT2D eigenvalue weighted by Gasteiger charge is -2.23. The molecule has 0 aliphatic carbocycles. The maximum Gasteiger partial charge on any atom is 0.246 e. The highest BCUT2D eigenvalue weighted by atomic mass is 16.2. The monoisotopic (exact) mass is 268 g/mol. The van der Waals surface area contributed by atoms with Crippen LogP contribution in [-0.4, -0.2) is 38.1 Å². The minimum atomic E-state index is -0.00918. The lowest BCUT2D eigenvalue weighted by Crippen LogP contribution is -2.32. The zero-order valence-electron chi connectivity index (χ0n) is 10.9. The average molecular weight is 268 g/mol. The predicted octanol–water partition coefficient (Wildman–Crippen LogP) is 0.415. The van der Waals surface area contributed by atoms with Crippen LogP contribution in [0.2, 0.25) is 0 Å². The number of hydrogen-bond donors (Lipinski definition) is 1. The van der Waals surface area contributed by atoms with Gasteiger partial charge in [-0.15, -0.1) is 0 Å². The third-order valence-corrected chi connectivity index (χ3v) is 3.52. The van der Waals surface area contributed by atoms with Gasteiger partial charge in [-0.25, -0.2) is 14.7 Å². The Morgan fingerprint density at radius 3 is 3.00 bits per heavy atom. The van der Waals surface area contributed by atoms with Gasteiger partial charge in [0.05, 0.1) is 5.69 Å². The smallest absolute Gasteiger partial charge is 0.246 e. The Balaban J connectivity index is 1.77. The number of fused-ring (bicyclic) bond motifs is 2. The van der Waals surface area contributed by atoms with E-state index < -0.39 is 0 Å². The van der Waals surface area contributed by atoms with Crippen molar-refractivity contribution in [2.45, 2.75) is 6.54 Å². The van der Waals surface area contributed by atoms with Crippen molar-refractivity contribution < 1.29 is 4.79 Å². The van der Waals surface area contributed by atoms with Crippen molar-refractivity contribution in [3.8, 4) is 11.4 Å². The second-order valence-corrected chi connectivity index (χ2v) is 4.89. The zero-order chi connectivity index (χ0) is 13.7. The largest absolute Gasteiger partial charge is 0.329 e. The molecular weight excluding hydrogens is 256 g/mol. The van der Waals surface area contributed by atoms with E-state index in [1.54, 1.807) is 4.68 Å². The molecule has 0 bridgehead atoms. The first-order valence-electron chi connectivity index (χ1n) is 6.31. The van der Waals surface area contributed by atoms with Crippen LogP contribution in [0.25, 0.3) is 11.4 Å². The van der Waals surface area contributed by atoms with Crippen LogP contribution >= 0.6 is 0 Å². The van der Waals surface area contributed by atoms with Crippen molar-refractivity contribution in [2.75, 3.05) is 6.54 Å². The third-order valence-electron chi connectivity index (χ3n) is 3.52. The topological polar surface area (TPSA) is 75.4 Å². The molecule has 4 rings (SSSR count). The number of benzene rings is 1. The Morgan fingerprint density at radius 2 is 2.20 bits per heavy atom. The number of aliphatic imine (C=N–C) groups is 1. The van der Waals surface area contributed by atoms with Crippen molar-refractivity contribution in [3.63, 3.8) is 0 Å². The summed E-state index contributed by atoms with van der Waals surface area (Å²) in [6.07, 6.45) is 1.54. The summed E-state index contributed by atoms with van der Waals surface area (Å²) in [5.41, 5.74) is 2.98. The van der Waals surface area contributed by atoms with Crippen LogP contribution in [0.15, 0.2) is 29.5 Å². The molecule has 7 heteroatoms. The van der Waals surface area contributed by atoms with Gasteiger partial charge in [0.15, 0.2) is 5.82 Å². The number of carbonyl (C=O) groups excluding carboxylic acids is 1. The summed E-state index contributed by atoms with van der Waals surface area (Å²) in [7, 11) is 1.86. The third kappa shape index (κ3) is 1.59. The van der Waals surface area contributed by atoms with Gasteiger partial charge >= 0.3 is 0 Å². The molecule has 3 heterocycles. The number of aryl methyl sites for hydroxylation is 1. The summed E-state index contributed by atoms with van der Waals surface area (Å²) in [5, 5.41) is 6.84. The lowest BCUT2D eigenvalue weighted by atomic mass is 10.1. The second kappa shape index (κ2) is 3.89. The summed E-state index contributed by atoms with van der Waals surface area (Å²) in [6, 6.07) is 5.98. The first kappa shape index (κ1) is 11.2. The van der Waals surface area contributed by atoms with E-state index in [0.717, 1.165) is 22.6 Å². The number of guanidine groups is 1. The van der Waals surface area contributed by atoms with Crippen molar-refractivity contribution >= 4 is 17.6 Å². The normalized spacial score (nSPS) is 16.6. The molecule has 1 fully saturated rings. The molecule has 2 aliphatic rings. The summed E-state index contributed by atoms with van der Waals surface area (Å²) in [4.78, 5) is 22.1. The first-order chi connectivity index (χ1) is 9.70. The molecule has 2 aliphatic heterocycles. The fraction of sp³-hybridized carbons (Fsp3) is 0.231. The molecule has 1 saturated heterocycles. The maximum atomic E-state index is 11.4. The van der Waals surface area contributed by atoms with Gasteiger partial charge in [-0.05, 0) is 23.8 Å². The molecule has 2 aromatic rings. The Labute approximate surface area is 114 Å². The van der Waals surface area contributed by atoms with Gasteiger partial charge in [-0.2, -0.15) is 5.10 Å². The number of carbonyl (C=O) groups is 1. The highest BCUT2D eigenvalue weighted by molar-refractivity contribution is 6.05. The van der Waals surface area contributed by atoms with E-state index in [1.807, 2.05) is 24.1 Å². The number of nitrogens with one attached hydrogen (secondary N) is 1. The molecule has 0 spiro atoms. The Bertz CT molecular complexity index is 747. The van der Waals surface area contributed by atoms with Gasteiger partial charge in [0.25, 0.3) is 0 Å². The van der Waals surface area contributed by atoms with E-state index in [9.17, 15) is 4.79 Å².